The molecule has 202 valence electrons. The molecular weight excluding hydrogens is 514 g/mol. The van der Waals surface area contributed by atoms with Crippen LogP contribution < -0.4 is 14.4 Å². The number of hydrogen-bond acceptors (Lipinski definition) is 5. The molecule has 8 heteroatoms. The molecule has 3 aliphatic heterocycles. The van der Waals surface area contributed by atoms with Crippen LogP contribution in [0.15, 0.2) is 54.6 Å². The second-order valence-electron chi connectivity index (χ2n) is 10.4. The zero-order valence-electron chi connectivity index (χ0n) is 22.4. The van der Waals surface area contributed by atoms with Crippen LogP contribution in [0.3, 0.4) is 0 Å². The number of carbonyl (C=O) groups is 2. The van der Waals surface area contributed by atoms with Gasteiger partial charge in [-0.25, -0.2) is 0 Å². The molecular formula is C31H32ClN3O4. The van der Waals surface area contributed by atoms with E-state index in [0.29, 0.717) is 60.4 Å². The molecule has 2 amide bonds. The molecule has 6 rings (SSSR count). The summed E-state index contributed by atoms with van der Waals surface area (Å²) in [5.41, 5.74) is 5.71. The van der Waals surface area contributed by atoms with Gasteiger partial charge in [-0.05, 0) is 59.9 Å². The molecule has 3 heterocycles. The van der Waals surface area contributed by atoms with Gasteiger partial charge in [0.2, 0.25) is 5.91 Å². The van der Waals surface area contributed by atoms with E-state index in [0.717, 1.165) is 23.2 Å². The van der Waals surface area contributed by atoms with Gasteiger partial charge in [0.25, 0.3) is 5.91 Å². The maximum Gasteiger partial charge on any atom is 0.254 e. The number of methoxy groups -OCH3 is 2. The van der Waals surface area contributed by atoms with Crippen molar-refractivity contribution in [1.29, 1.82) is 0 Å². The predicted molar refractivity (Wildman–Crippen MR) is 151 cm³/mol. The summed E-state index contributed by atoms with van der Waals surface area (Å²) in [6, 6.07) is 17.3. The summed E-state index contributed by atoms with van der Waals surface area (Å²) in [4.78, 5) is 34.4. The van der Waals surface area contributed by atoms with Crippen LogP contribution in [0.25, 0.3) is 0 Å². The average Bonchev–Trinajstić information content (AvgIpc) is 2.97. The molecule has 3 aliphatic rings. The smallest absolute Gasteiger partial charge is 0.254 e. The molecule has 0 aromatic heterocycles. The maximum atomic E-state index is 14.5. The van der Waals surface area contributed by atoms with Crippen LogP contribution in [-0.2, 0) is 11.2 Å². The molecule has 0 bridgehead atoms. The van der Waals surface area contributed by atoms with Crippen LogP contribution in [0.1, 0.15) is 44.6 Å². The third-order valence-corrected chi connectivity index (χ3v) is 8.63. The van der Waals surface area contributed by atoms with Gasteiger partial charge in [0.05, 0.1) is 26.2 Å². The van der Waals surface area contributed by atoms with E-state index < -0.39 is 5.92 Å². The Bertz CT molecular complexity index is 1450. The molecule has 39 heavy (non-hydrogen) atoms. The van der Waals surface area contributed by atoms with Crippen molar-refractivity contribution in [3.8, 4) is 11.5 Å². The van der Waals surface area contributed by atoms with Gasteiger partial charge in [-0.1, -0.05) is 41.9 Å². The lowest BCUT2D eigenvalue weighted by atomic mass is 9.75. The van der Waals surface area contributed by atoms with Crippen LogP contribution in [0.4, 0.5) is 5.69 Å². The lowest BCUT2D eigenvalue weighted by Gasteiger charge is -2.47. The number of carbonyl (C=O) groups excluding carboxylic acids is 2. The van der Waals surface area contributed by atoms with Gasteiger partial charge >= 0.3 is 0 Å². The zero-order valence-corrected chi connectivity index (χ0v) is 23.2. The van der Waals surface area contributed by atoms with Crippen LogP contribution in [0.5, 0.6) is 11.5 Å². The third kappa shape index (κ3) is 4.29. The van der Waals surface area contributed by atoms with Gasteiger partial charge in [0.1, 0.15) is 0 Å². The van der Waals surface area contributed by atoms with Gasteiger partial charge in [0.15, 0.2) is 11.5 Å². The Labute approximate surface area is 233 Å². The van der Waals surface area contributed by atoms with Crippen molar-refractivity contribution in [2.45, 2.75) is 25.3 Å². The first-order chi connectivity index (χ1) is 18.9. The predicted octanol–water partition coefficient (Wildman–Crippen LogP) is 4.85. The minimum Gasteiger partial charge on any atom is -0.493 e. The van der Waals surface area contributed by atoms with Crippen LogP contribution in [0.2, 0.25) is 5.02 Å². The van der Waals surface area contributed by atoms with Gasteiger partial charge in [-0.15, -0.1) is 0 Å². The Balaban J connectivity index is 1.38. The lowest BCUT2D eigenvalue weighted by molar-refractivity contribution is -0.135. The molecule has 3 aromatic rings. The van der Waals surface area contributed by atoms with Crippen LogP contribution >= 0.6 is 11.6 Å². The van der Waals surface area contributed by atoms with E-state index in [4.69, 9.17) is 21.1 Å². The van der Waals surface area contributed by atoms with Crippen LogP contribution in [0, 0.1) is 6.92 Å². The monoisotopic (exact) mass is 545 g/mol. The van der Waals surface area contributed by atoms with Crippen LogP contribution in [-0.4, -0.2) is 68.6 Å². The van der Waals surface area contributed by atoms with Crippen molar-refractivity contribution < 1.29 is 19.1 Å². The topological polar surface area (TPSA) is 62.3 Å². The largest absolute Gasteiger partial charge is 0.493 e. The van der Waals surface area contributed by atoms with Crippen molar-refractivity contribution in [2.24, 2.45) is 0 Å². The highest BCUT2D eigenvalue weighted by molar-refractivity contribution is 6.30. The van der Waals surface area contributed by atoms with E-state index in [2.05, 4.69) is 24.0 Å². The SMILES string of the molecule is COc1cc2c(cc1OC)[C@@H](C(=O)N1CCN(c3cc(Cl)ccc3C)CC1)[C@H]1c3ccccc3CCN1C2=O. The number of anilines is 1. The molecule has 2 atom stereocenters. The summed E-state index contributed by atoms with van der Waals surface area (Å²) in [6.45, 7) is 5.25. The number of nitrogens with zero attached hydrogens (tertiary/aromatic N) is 3. The van der Waals surface area contributed by atoms with Crippen molar-refractivity contribution in [3.63, 3.8) is 0 Å². The molecule has 0 radical (unpaired) electrons. The molecule has 0 aliphatic carbocycles. The van der Waals surface area contributed by atoms with E-state index in [1.807, 2.05) is 46.2 Å². The number of halogens is 1. The minimum absolute atomic E-state index is 0.0325. The third-order valence-electron chi connectivity index (χ3n) is 8.40. The molecule has 0 unspecified atom stereocenters. The van der Waals surface area contributed by atoms with Crippen molar-refractivity contribution >= 4 is 29.1 Å². The molecule has 7 nitrogen and oxygen atoms in total. The number of fused-ring (bicyclic) bond motifs is 4. The summed E-state index contributed by atoms with van der Waals surface area (Å²) in [7, 11) is 3.13. The first-order valence-electron chi connectivity index (χ1n) is 13.4. The molecule has 0 N–H and O–H groups in total. The van der Waals surface area contributed by atoms with E-state index in [9.17, 15) is 9.59 Å². The summed E-state index contributed by atoms with van der Waals surface area (Å²) in [5.74, 6) is 0.414. The Morgan fingerprint density at radius 3 is 2.36 bits per heavy atom. The molecule has 3 aromatic carbocycles. The molecule has 1 saturated heterocycles. The van der Waals surface area contributed by atoms with Gasteiger partial charge in [-0.3, -0.25) is 9.59 Å². The number of benzene rings is 3. The number of amides is 2. The number of aryl methyl sites for hydroxylation is 1. The highest BCUT2D eigenvalue weighted by Crippen LogP contribution is 2.49. The number of piperazine rings is 1. The summed E-state index contributed by atoms with van der Waals surface area (Å²) < 4.78 is 11.1. The fourth-order valence-corrected chi connectivity index (χ4v) is 6.57. The van der Waals surface area contributed by atoms with E-state index in [1.54, 1.807) is 20.3 Å². The van der Waals surface area contributed by atoms with Gasteiger partial charge in [0, 0.05) is 49.0 Å². The highest BCUT2D eigenvalue weighted by Gasteiger charge is 2.48. The van der Waals surface area contributed by atoms with Crippen molar-refractivity contribution in [1.82, 2.24) is 9.80 Å². The van der Waals surface area contributed by atoms with E-state index >= 15 is 0 Å². The fraction of sp³-hybridized carbons (Fsp3) is 0.355. The number of rotatable bonds is 4. The highest BCUT2D eigenvalue weighted by atomic mass is 35.5. The number of hydrogen-bond donors (Lipinski definition) is 0. The standard InChI is InChI=1S/C31H32ClN3O4/c1-19-8-9-21(32)16-25(19)33-12-14-34(15-13-33)31(37)28-23-17-26(38-2)27(39-3)18-24(23)30(36)35-11-10-20-6-4-5-7-22(20)29(28)35/h4-9,16-18,28-29H,10-15H2,1-3H3/t28-,29-/m1/s1. The summed E-state index contributed by atoms with van der Waals surface area (Å²) >= 11 is 6.29. The van der Waals surface area contributed by atoms with Crippen molar-refractivity contribution in [2.75, 3.05) is 51.8 Å². The summed E-state index contributed by atoms with van der Waals surface area (Å²) in [6.07, 6.45) is 0.763. The first-order valence-corrected chi connectivity index (χ1v) is 13.7. The molecule has 0 saturated carbocycles. The normalized spacial score (nSPS) is 20.2. The Kier molecular flexibility index (Phi) is 6.63. The molecule has 1 fully saturated rings. The Morgan fingerprint density at radius 2 is 1.62 bits per heavy atom. The zero-order chi connectivity index (χ0) is 27.3. The number of ether oxygens (including phenoxy) is 2. The Morgan fingerprint density at radius 1 is 0.897 bits per heavy atom. The summed E-state index contributed by atoms with van der Waals surface area (Å²) in [5, 5.41) is 0.706. The first kappa shape index (κ1) is 25.6. The second kappa shape index (κ2) is 10.1. The van der Waals surface area contributed by atoms with E-state index in [-0.39, 0.29) is 17.9 Å². The quantitative estimate of drug-likeness (QED) is 0.469. The van der Waals surface area contributed by atoms with Gasteiger partial charge < -0.3 is 24.2 Å². The Hall–Kier alpha value is -3.71. The fourth-order valence-electron chi connectivity index (χ4n) is 6.40. The second-order valence-corrected chi connectivity index (χ2v) is 10.8. The van der Waals surface area contributed by atoms with Gasteiger partial charge in [-0.2, -0.15) is 0 Å². The minimum atomic E-state index is -0.543. The van der Waals surface area contributed by atoms with E-state index in [1.165, 1.54) is 5.56 Å². The molecule has 0 spiro atoms. The van der Waals surface area contributed by atoms with Crippen molar-refractivity contribution in [3.05, 3.63) is 87.4 Å². The average molecular weight is 546 g/mol. The maximum absolute atomic E-state index is 14.5. The lowest BCUT2D eigenvalue weighted by Crippen LogP contribution is -2.54.